The summed E-state index contributed by atoms with van der Waals surface area (Å²) >= 11 is 0. The van der Waals surface area contributed by atoms with Crippen molar-refractivity contribution >= 4 is 17.0 Å². The molecule has 0 aliphatic rings. The lowest BCUT2D eigenvalue weighted by Gasteiger charge is -2.23. The van der Waals surface area contributed by atoms with Gasteiger partial charge < -0.3 is 9.30 Å². The topological polar surface area (TPSA) is 44.1 Å². The Bertz CT molecular complexity index is 566. The van der Waals surface area contributed by atoms with E-state index in [1.807, 2.05) is 56.5 Å². The Balaban J connectivity index is 2.28. The highest BCUT2D eigenvalue weighted by Crippen LogP contribution is 2.20. The van der Waals surface area contributed by atoms with Crippen molar-refractivity contribution in [3.8, 4) is 0 Å². The summed E-state index contributed by atoms with van der Waals surface area (Å²) in [6.07, 6.45) is 1.68. The van der Waals surface area contributed by atoms with E-state index in [0.29, 0.717) is 0 Å². The monoisotopic (exact) mass is 246 g/mol. The van der Waals surface area contributed by atoms with Gasteiger partial charge in [-0.25, -0.2) is 9.78 Å². The Labute approximate surface area is 107 Å². The smallest absolute Gasteiger partial charge is 0.329 e. The van der Waals surface area contributed by atoms with E-state index in [9.17, 15) is 4.79 Å². The zero-order chi connectivity index (χ0) is 13.3. The largest absolute Gasteiger partial charge is 0.458 e. The quantitative estimate of drug-likeness (QED) is 0.765. The first kappa shape index (κ1) is 12.6. The second kappa shape index (κ2) is 4.44. The average molecular weight is 246 g/mol. The van der Waals surface area contributed by atoms with E-state index >= 15 is 0 Å². The van der Waals surface area contributed by atoms with Crippen LogP contribution in [0.2, 0.25) is 0 Å². The summed E-state index contributed by atoms with van der Waals surface area (Å²) in [6.45, 7) is 7.42. The number of aromatic nitrogens is 2. The molecule has 0 spiro atoms. The second-order valence-corrected chi connectivity index (χ2v) is 5.35. The highest BCUT2D eigenvalue weighted by molar-refractivity contribution is 5.80. The van der Waals surface area contributed by atoms with Gasteiger partial charge in [0.1, 0.15) is 11.6 Å². The van der Waals surface area contributed by atoms with E-state index in [1.165, 1.54) is 0 Å². The number of esters is 1. The molecule has 1 atom stereocenters. The first-order valence-corrected chi connectivity index (χ1v) is 6.03. The van der Waals surface area contributed by atoms with Gasteiger partial charge in [0.05, 0.1) is 17.4 Å². The third kappa shape index (κ3) is 2.53. The van der Waals surface area contributed by atoms with Gasteiger partial charge in [-0.2, -0.15) is 0 Å². The number of para-hydroxylation sites is 2. The van der Waals surface area contributed by atoms with E-state index in [-0.39, 0.29) is 12.0 Å². The van der Waals surface area contributed by atoms with Crippen LogP contribution >= 0.6 is 0 Å². The van der Waals surface area contributed by atoms with Gasteiger partial charge in [0.2, 0.25) is 0 Å². The van der Waals surface area contributed by atoms with Crippen LogP contribution in [0.5, 0.6) is 0 Å². The molecule has 2 rings (SSSR count). The van der Waals surface area contributed by atoms with Crippen molar-refractivity contribution in [1.82, 2.24) is 9.55 Å². The maximum Gasteiger partial charge on any atom is 0.329 e. The van der Waals surface area contributed by atoms with Crippen molar-refractivity contribution in [3.63, 3.8) is 0 Å². The molecular formula is C14H18N2O2. The van der Waals surface area contributed by atoms with Crippen LogP contribution in [-0.2, 0) is 9.53 Å². The zero-order valence-corrected chi connectivity index (χ0v) is 11.2. The summed E-state index contributed by atoms with van der Waals surface area (Å²) < 4.78 is 7.22. The number of hydrogen-bond acceptors (Lipinski definition) is 3. The molecule has 1 aromatic carbocycles. The first-order chi connectivity index (χ1) is 8.38. The van der Waals surface area contributed by atoms with Crippen LogP contribution in [-0.4, -0.2) is 21.1 Å². The number of hydrogen-bond donors (Lipinski definition) is 0. The van der Waals surface area contributed by atoms with Crippen molar-refractivity contribution in [2.45, 2.75) is 39.3 Å². The number of carbonyl (C=O) groups is 1. The Morgan fingerprint density at radius 2 is 2.00 bits per heavy atom. The van der Waals surface area contributed by atoms with Gasteiger partial charge in [0.25, 0.3) is 0 Å². The first-order valence-electron chi connectivity index (χ1n) is 6.03. The van der Waals surface area contributed by atoms with Crippen molar-refractivity contribution < 1.29 is 9.53 Å². The molecule has 0 aliphatic carbocycles. The lowest BCUT2D eigenvalue weighted by molar-refractivity contribution is -0.158. The molecule has 4 heteroatoms. The van der Waals surface area contributed by atoms with Gasteiger partial charge in [-0.3, -0.25) is 0 Å². The third-order valence-electron chi connectivity index (χ3n) is 2.65. The number of fused-ring (bicyclic) bond motifs is 1. The lowest BCUT2D eigenvalue weighted by Crippen LogP contribution is -2.28. The summed E-state index contributed by atoms with van der Waals surface area (Å²) in [5.41, 5.74) is 1.35. The highest BCUT2D eigenvalue weighted by atomic mass is 16.6. The second-order valence-electron chi connectivity index (χ2n) is 5.35. The fraction of sp³-hybridized carbons (Fsp3) is 0.429. The van der Waals surface area contributed by atoms with Crippen molar-refractivity contribution in [3.05, 3.63) is 30.6 Å². The van der Waals surface area contributed by atoms with Crippen molar-refractivity contribution in [1.29, 1.82) is 0 Å². The van der Waals surface area contributed by atoms with Gasteiger partial charge >= 0.3 is 5.97 Å². The highest BCUT2D eigenvalue weighted by Gasteiger charge is 2.23. The van der Waals surface area contributed by atoms with E-state index < -0.39 is 5.60 Å². The molecule has 1 heterocycles. The number of ether oxygens (including phenoxy) is 1. The predicted octanol–water partition coefficient (Wildman–Crippen LogP) is 2.94. The van der Waals surface area contributed by atoms with Crippen molar-refractivity contribution in [2.75, 3.05) is 0 Å². The molecule has 18 heavy (non-hydrogen) atoms. The maximum absolute atomic E-state index is 12.0. The van der Waals surface area contributed by atoms with E-state index in [1.54, 1.807) is 6.33 Å². The third-order valence-corrected chi connectivity index (χ3v) is 2.65. The summed E-state index contributed by atoms with van der Waals surface area (Å²) in [5.74, 6) is -0.245. The zero-order valence-electron chi connectivity index (χ0n) is 11.2. The van der Waals surface area contributed by atoms with Gasteiger partial charge in [0, 0.05) is 0 Å². The standard InChI is InChI=1S/C14H18N2O2/c1-10(13(17)18-14(2,3)4)16-9-15-11-7-5-6-8-12(11)16/h5-10H,1-4H3. The molecule has 0 radical (unpaired) electrons. The van der Waals surface area contributed by atoms with Crippen LogP contribution in [0.4, 0.5) is 0 Å². The molecule has 1 aromatic heterocycles. The average Bonchev–Trinajstić information content (AvgIpc) is 2.69. The van der Waals surface area contributed by atoms with E-state index in [2.05, 4.69) is 4.98 Å². The molecule has 0 aliphatic heterocycles. The molecule has 0 amide bonds. The molecule has 0 N–H and O–H groups in total. The summed E-state index contributed by atoms with van der Waals surface area (Å²) in [5, 5.41) is 0. The van der Waals surface area contributed by atoms with Gasteiger partial charge in [0.15, 0.2) is 0 Å². The van der Waals surface area contributed by atoms with Gasteiger partial charge in [-0.1, -0.05) is 12.1 Å². The van der Waals surface area contributed by atoms with Gasteiger partial charge in [-0.05, 0) is 39.8 Å². The Morgan fingerprint density at radius 3 is 2.67 bits per heavy atom. The number of rotatable bonds is 2. The minimum absolute atomic E-state index is 0.245. The Morgan fingerprint density at radius 1 is 1.33 bits per heavy atom. The molecule has 0 saturated carbocycles. The van der Waals surface area contributed by atoms with E-state index in [4.69, 9.17) is 4.74 Å². The number of carbonyl (C=O) groups excluding carboxylic acids is 1. The number of nitrogens with zero attached hydrogens (tertiary/aromatic N) is 2. The Hall–Kier alpha value is -1.84. The van der Waals surface area contributed by atoms with Crippen molar-refractivity contribution in [2.24, 2.45) is 0 Å². The number of imidazole rings is 1. The minimum Gasteiger partial charge on any atom is -0.458 e. The maximum atomic E-state index is 12.0. The van der Waals surface area contributed by atoms with Crippen LogP contribution in [0.15, 0.2) is 30.6 Å². The molecule has 1 unspecified atom stereocenters. The molecule has 96 valence electrons. The lowest BCUT2D eigenvalue weighted by atomic mass is 10.2. The molecular weight excluding hydrogens is 228 g/mol. The fourth-order valence-electron chi connectivity index (χ4n) is 1.79. The van der Waals surface area contributed by atoms with Crippen LogP contribution in [0.1, 0.15) is 33.7 Å². The van der Waals surface area contributed by atoms with E-state index in [0.717, 1.165) is 11.0 Å². The molecule has 2 aromatic rings. The molecule has 0 saturated heterocycles. The van der Waals surface area contributed by atoms with Gasteiger partial charge in [-0.15, -0.1) is 0 Å². The molecule has 4 nitrogen and oxygen atoms in total. The number of benzene rings is 1. The Kier molecular flexibility index (Phi) is 3.11. The van der Waals surface area contributed by atoms with Crippen LogP contribution < -0.4 is 0 Å². The fourth-order valence-corrected chi connectivity index (χ4v) is 1.79. The van der Waals surface area contributed by atoms with Crippen LogP contribution in [0.3, 0.4) is 0 Å². The van der Waals surface area contributed by atoms with Crippen LogP contribution in [0.25, 0.3) is 11.0 Å². The predicted molar refractivity (Wildman–Crippen MR) is 70.3 cm³/mol. The SMILES string of the molecule is CC(C(=O)OC(C)(C)C)n1cnc2ccccc21. The molecule has 0 bridgehead atoms. The van der Waals surface area contributed by atoms with Crippen LogP contribution in [0, 0.1) is 0 Å². The normalized spacial score (nSPS) is 13.6. The minimum atomic E-state index is -0.471. The molecule has 0 fully saturated rings. The summed E-state index contributed by atoms with van der Waals surface area (Å²) in [6, 6.07) is 7.35. The summed E-state index contributed by atoms with van der Waals surface area (Å²) in [4.78, 5) is 16.3. The summed E-state index contributed by atoms with van der Waals surface area (Å²) in [7, 11) is 0.